The number of benzene rings is 3. The summed E-state index contributed by atoms with van der Waals surface area (Å²) >= 11 is 5.99. The van der Waals surface area contributed by atoms with Crippen molar-refractivity contribution in [3.05, 3.63) is 76.8 Å². The van der Waals surface area contributed by atoms with Gasteiger partial charge in [-0.25, -0.2) is 13.8 Å². The van der Waals surface area contributed by atoms with Crippen molar-refractivity contribution < 1.29 is 22.7 Å². The highest BCUT2D eigenvalue weighted by atomic mass is 35.5. The highest BCUT2D eigenvalue weighted by Gasteiger charge is 2.16. The minimum absolute atomic E-state index is 0.0249. The number of nitrogens with one attached hydrogen (secondary N) is 1. The number of oxazole rings is 1. The molecule has 0 aliphatic rings. The number of nitrogens with zero attached hydrogens (tertiary/aromatic N) is 1. The van der Waals surface area contributed by atoms with E-state index in [4.69, 9.17) is 20.8 Å². The van der Waals surface area contributed by atoms with Gasteiger partial charge in [0.2, 0.25) is 5.89 Å². The average Bonchev–Trinajstić information content (AvgIpc) is 3.18. The van der Waals surface area contributed by atoms with Crippen LogP contribution in [0.3, 0.4) is 0 Å². The zero-order valence-electron chi connectivity index (χ0n) is 16.4. The van der Waals surface area contributed by atoms with Crippen LogP contribution in [0.15, 0.2) is 59.0 Å². The van der Waals surface area contributed by atoms with Gasteiger partial charge in [0.05, 0.1) is 10.6 Å². The summed E-state index contributed by atoms with van der Waals surface area (Å²) in [6.07, 6.45) is 0.926. The number of hydrogen-bond donors (Lipinski definition) is 1. The molecule has 5 nitrogen and oxygen atoms in total. The van der Waals surface area contributed by atoms with Gasteiger partial charge < -0.3 is 14.5 Å². The molecular weight excluding hydrogens is 426 g/mol. The molecule has 4 aromatic rings. The van der Waals surface area contributed by atoms with Crippen LogP contribution in [0.5, 0.6) is 5.75 Å². The fourth-order valence-electron chi connectivity index (χ4n) is 2.97. The van der Waals surface area contributed by atoms with Crippen molar-refractivity contribution >= 4 is 34.3 Å². The normalized spacial score (nSPS) is 11.0. The number of aryl methyl sites for hydroxylation is 1. The topological polar surface area (TPSA) is 64.4 Å². The van der Waals surface area contributed by atoms with Crippen LogP contribution in [0.2, 0.25) is 5.02 Å². The fourth-order valence-corrected chi connectivity index (χ4v) is 3.21. The van der Waals surface area contributed by atoms with E-state index in [1.165, 1.54) is 5.56 Å². The molecule has 4 rings (SSSR count). The average molecular weight is 443 g/mol. The van der Waals surface area contributed by atoms with E-state index in [1.54, 1.807) is 18.2 Å². The summed E-state index contributed by atoms with van der Waals surface area (Å²) in [6, 6.07) is 14.2. The number of aromatic nitrogens is 1. The largest absolute Gasteiger partial charge is 0.484 e. The molecule has 0 spiro atoms. The highest BCUT2D eigenvalue weighted by Crippen LogP contribution is 2.32. The molecule has 1 heterocycles. The summed E-state index contributed by atoms with van der Waals surface area (Å²) in [5, 5.41) is 2.70. The van der Waals surface area contributed by atoms with Crippen LogP contribution in [0.4, 0.5) is 14.5 Å². The Bertz CT molecular complexity index is 1260. The Morgan fingerprint density at radius 1 is 1.10 bits per heavy atom. The fraction of sp³-hybridized carbons (Fsp3) is 0.130. The van der Waals surface area contributed by atoms with Crippen molar-refractivity contribution in [3.63, 3.8) is 0 Å². The molecule has 3 aromatic carbocycles. The highest BCUT2D eigenvalue weighted by molar-refractivity contribution is 6.33. The summed E-state index contributed by atoms with van der Waals surface area (Å²) in [4.78, 5) is 16.5. The Balaban J connectivity index is 1.46. The lowest BCUT2D eigenvalue weighted by atomic mass is 10.2. The Labute approximate surface area is 181 Å². The zero-order chi connectivity index (χ0) is 22.0. The number of carbonyl (C=O) groups is 1. The van der Waals surface area contributed by atoms with Gasteiger partial charge in [-0.05, 0) is 54.4 Å². The van der Waals surface area contributed by atoms with Crippen molar-refractivity contribution in [2.45, 2.75) is 13.3 Å². The predicted molar refractivity (Wildman–Crippen MR) is 114 cm³/mol. The molecule has 31 heavy (non-hydrogen) atoms. The van der Waals surface area contributed by atoms with E-state index in [-0.39, 0.29) is 29.0 Å². The Morgan fingerprint density at radius 3 is 2.58 bits per heavy atom. The third-order valence-corrected chi connectivity index (χ3v) is 4.93. The third-order valence-electron chi connectivity index (χ3n) is 4.61. The van der Waals surface area contributed by atoms with Crippen LogP contribution in [0.25, 0.3) is 22.6 Å². The van der Waals surface area contributed by atoms with E-state index in [0.29, 0.717) is 22.5 Å². The minimum atomic E-state index is -1.06. The van der Waals surface area contributed by atoms with Gasteiger partial charge in [-0.2, -0.15) is 0 Å². The van der Waals surface area contributed by atoms with Gasteiger partial charge >= 0.3 is 0 Å². The van der Waals surface area contributed by atoms with E-state index in [0.717, 1.165) is 18.6 Å². The van der Waals surface area contributed by atoms with Gasteiger partial charge in [-0.15, -0.1) is 0 Å². The van der Waals surface area contributed by atoms with E-state index in [2.05, 4.69) is 17.2 Å². The number of rotatable bonds is 6. The van der Waals surface area contributed by atoms with Gasteiger partial charge in [0, 0.05) is 5.69 Å². The Morgan fingerprint density at radius 2 is 1.84 bits per heavy atom. The van der Waals surface area contributed by atoms with Crippen molar-refractivity contribution in [1.82, 2.24) is 4.98 Å². The van der Waals surface area contributed by atoms with Crippen LogP contribution in [0, 0.1) is 11.6 Å². The second-order valence-electron chi connectivity index (χ2n) is 6.78. The van der Waals surface area contributed by atoms with Crippen molar-refractivity contribution in [2.24, 2.45) is 0 Å². The molecule has 0 saturated carbocycles. The number of amides is 1. The first-order valence-electron chi connectivity index (χ1n) is 9.50. The van der Waals surface area contributed by atoms with Gasteiger partial charge in [0.1, 0.15) is 11.3 Å². The number of hydrogen-bond acceptors (Lipinski definition) is 4. The van der Waals surface area contributed by atoms with Crippen molar-refractivity contribution in [3.8, 4) is 17.2 Å². The molecule has 0 aliphatic carbocycles. The number of halogens is 3. The maximum absolute atomic E-state index is 13.6. The van der Waals surface area contributed by atoms with E-state index < -0.39 is 11.6 Å². The molecule has 0 aliphatic heterocycles. The molecule has 1 N–H and O–H groups in total. The zero-order valence-corrected chi connectivity index (χ0v) is 17.2. The van der Waals surface area contributed by atoms with Crippen LogP contribution in [0.1, 0.15) is 12.5 Å². The minimum Gasteiger partial charge on any atom is -0.484 e. The lowest BCUT2D eigenvalue weighted by Gasteiger charge is -2.08. The monoisotopic (exact) mass is 442 g/mol. The van der Waals surface area contributed by atoms with Gasteiger partial charge in [0.15, 0.2) is 23.8 Å². The molecular formula is C23H17ClF2N2O3. The summed E-state index contributed by atoms with van der Waals surface area (Å²) < 4.78 is 38.0. The SMILES string of the molecule is CCc1ccc(OCC(=O)Nc2ccc3oc(-c4cc(F)c(F)cc4Cl)nc3c2)cc1. The third kappa shape index (κ3) is 4.67. The maximum atomic E-state index is 13.6. The second kappa shape index (κ2) is 8.73. The molecule has 0 bridgehead atoms. The molecule has 158 valence electrons. The van der Waals surface area contributed by atoms with E-state index >= 15 is 0 Å². The first kappa shape index (κ1) is 20.8. The summed E-state index contributed by atoms with van der Waals surface area (Å²) in [5.41, 5.74) is 2.62. The van der Waals surface area contributed by atoms with Crippen LogP contribution in [-0.4, -0.2) is 17.5 Å². The Kier molecular flexibility index (Phi) is 5.86. The number of fused-ring (bicyclic) bond motifs is 1. The summed E-state index contributed by atoms with van der Waals surface area (Å²) in [5.74, 6) is -1.81. The predicted octanol–water partition coefficient (Wildman–Crippen LogP) is 6.01. The van der Waals surface area contributed by atoms with Crippen LogP contribution in [-0.2, 0) is 11.2 Å². The van der Waals surface area contributed by atoms with Gasteiger partial charge in [-0.1, -0.05) is 30.7 Å². The van der Waals surface area contributed by atoms with E-state index in [9.17, 15) is 13.6 Å². The van der Waals surface area contributed by atoms with Crippen LogP contribution >= 0.6 is 11.6 Å². The number of anilines is 1. The quantitative estimate of drug-likeness (QED) is 0.371. The van der Waals surface area contributed by atoms with Gasteiger partial charge in [-0.3, -0.25) is 4.79 Å². The Hall–Kier alpha value is -3.45. The number of carbonyl (C=O) groups excluding carboxylic acids is 1. The van der Waals surface area contributed by atoms with Gasteiger partial charge in [0.25, 0.3) is 5.91 Å². The molecule has 0 unspecified atom stereocenters. The molecule has 0 fully saturated rings. The second-order valence-corrected chi connectivity index (χ2v) is 7.19. The standard InChI is InChI=1S/C23H17ClF2N2O3/c1-2-13-3-6-15(7-4-13)30-12-22(29)27-14-5-8-21-20(9-14)28-23(31-21)16-10-18(25)19(26)11-17(16)24/h3-11H,2,12H2,1H3,(H,27,29). The summed E-state index contributed by atoms with van der Waals surface area (Å²) in [6.45, 7) is 1.91. The molecule has 8 heteroatoms. The molecule has 0 atom stereocenters. The molecule has 1 amide bonds. The van der Waals surface area contributed by atoms with Crippen molar-refractivity contribution in [1.29, 1.82) is 0 Å². The van der Waals surface area contributed by atoms with E-state index in [1.807, 2.05) is 24.3 Å². The summed E-state index contributed by atoms with van der Waals surface area (Å²) in [7, 11) is 0. The number of ether oxygens (including phenoxy) is 1. The first-order valence-corrected chi connectivity index (χ1v) is 9.88. The smallest absolute Gasteiger partial charge is 0.262 e. The first-order chi connectivity index (χ1) is 14.9. The lowest BCUT2D eigenvalue weighted by molar-refractivity contribution is -0.118. The van der Waals surface area contributed by atoms with Crippen molar-refractivity contribution in [2.75, 3.05) is 11.9 Å². The maximum Gasteiger partial charge on any atom is 0.262 e. The molecule has 1 aromatic heterocycles. The molecule has 0 saturated heterocycles. The lowest BCUT2D eigenvalue weighted by Crippen LogP contribution is -2.20. The van der Waals surface area contributed by atoms with Crippen LogP contribution < -0.4 is 10.1 Å². The molecule has 0 radical (unpaired) electrons.